The number of hydrogen-bond acceptors (Lipinski definition) is 4. The van der Waals surface area contributed by atoms with Crippen LogP contribution in [0.15, 0.2) is 41.4 Å². The molecule has 21 heavy (non-hydrogen) atoms. The van der Waals surface area contributed by atoms with E-state index in [1.165, 1.54) is 49.2 Å². The number of aromatic nitrogens is 1. The van der Waals surface area contributed by atoms with Crippen LogP contribution in [0.4, 0.5) is 10.1 Å². The number of carbonyl (C=O) groups excluding carboxylic acids is 1. The molecule has 1 N–H and O–H groups in total. The SMILES string of the molecule is COC(=O)c1cc(S(=O)(=O)Nc2cccc(F)c2)cn1C. The van der Waals surface area contributed by atoms with E-state index in [-0.39, 0.29) is 16.3 Å². The minimum Gasteiger partial charge on any atom is -0.464 e. The maximum Gasteiger partial charge on any atom is 0.354 e. The molecular formula is C13H13FN2O4S. The first-order valence-corrected chi connectivity index (χ1v) is 7.35. The lowest BCUT2D eigenvalue weighted by Crippen LogP contribution is -2.12. The quantitative estimate of drug-likeness (QED) is 0.873. The van der Waals surface area contributed by atoms with Crippen molar-refractivity contribution < 1.29 is 22.3 Å². The van der Waals surface area contributed by atoms with Gasteiger partial charge >= 0.3 is 5.97 Å². The summed E-state index contributed by atoms with van der Waals surface area (Å²) >= 11 is 0. The lowest BCUT2D eigenvalue weighted by Gasteiger charge is -2.06. The van der Waals surface area contributed by atoms with Gasteiger partial charge in [-0.15, -0.1) is 0 Å². The number of rotatable bonds is 4. The monoisotopic (exact) mass is 312 g/mol. The molecule has 112 valence electrons. The maximum atomic E-state index is 13.1. The van der Waals surface area contributed by atoms with Crippen molar-refractivity contribution in [1.29, 1.82) is 0 Å². The minimum atomic E-state index is -3.92. The minimum absolute atomic E-state index is 0.0946. The first-order valence-electron chi connectivity index (χ1n) is 5.86. The number of nitrogens with one attached hydrogen (secondary N) is 1. The summed E-state index contributed by atoms with van der Waals surface area (Å²) < 4.78 is 45.6. The van der Waals surface area contributed by atoms with Gasteiger partial charge in [0.2, 0.25) is 0 Å². The number of esters is 1. The number of sulfonamides is 1. The summed E-state index contributed by atoms with van der Waals surface area (Å²) in [5, 5.41) is 0. The Morgan fingerprint density at radius 2 is 2.05 bits per heavy atom. The van der Waals surface area contributed by atoms with Crippen molar-refractivity contribution >= 4 is 21.7 Å². The van der Waals surface area contributed by atoms with E-state index in [0.717, 1.165) is 6.07 Å². The molecule has 0 bridgehead atoms. The van der Waals surface area contributed by atoms with Gasteiger partial charge < -0.3 is 9.30 Å². The molecule has 1 aromatic heterocycles. The third kappa shape index (κ3) is 3.22. The Morgan fingerprint density at radius 3 is 2.67 bits per heavy atom. The average molecular weight is 312 g/mol. The van der Waals surface area contributed by atoms with E-state index in [0.29, 0.717) is 0 Å². The van der Waals surface area contributed by atoms with Crippen molar-refractivity contribution in [2.45, 2.75) is 4.90 Å². The average Bonchev–Trinajstić information content (AvgIpc) is 2.80. The molecule has 0 saturated carbocycles. The van der Waals surface area contributed by atoms with Gasteiger partial charge in [0.1, 0.15) is 16.4 Å². The van der Waals surface area contributed by atoms with Gasteiger partial charge in [0.25, 0.3) is 10.0 Å². The van der Waals surface area contributed by atoms with Crippen LogP contribution >= 0.6 is 0 Å². The fourth-order valence-electron chi connectivity index (χ4n) is 1.75. The summed E-state index contributed by atoms with van der Waals surface area (Å²) in [7, 11) is -1.19. The highest BCUT2D eigenvalue weighted by Gasteiger charge is 2.21. The van der Waals surface area contributed by atoms with Gasteiger partial charge in [-0.2, -0.15) is 0 Å². The van der Waals surface area contributed by atoms with E-state index >= 15 is 0 Å². The van der Waals surface area contributed by atoms with Crippen LogP contribution in [0.25, 0.3) is 0 Å². The number of aryl methyl sites for hydroxylation is 1. The van der Waals surface area contributed by atoms with E-state index in [2.05, 4.69) is 9.46 Å². The van der Waals surface area contributed by atoms with Crippen LogP contribution in [0.5, 0.6) is 0 Å². The Kier molecular flexibility index (Phi) is 3.99. The van der Waals surface area contributed by atoms with Crippen LogP contribution in [0.2, 0.25) is 0 Å². The van der Waals surface area contributed by atoms with Crippen molar-refractivity contribution in [3.8, 4) is 0 Å². The zero-order chi connectivity index (χ0) is 15.6. The fourth-order valence-corrected chi connectivity index (χ4v) is 2.87. The number of methoxy groups -OCH3 is 1. The van der Waals surface area contributed by atoms with Crippen LogP contribution in [0, 0.1) is 5.82 Å². The predicted molar refractivity (Wildman–Crippen MR) is 74.0 cm³/mol. The summed E-state index contributed by atoms with van der Waals surface area (Å²) in [5.74, 6) is -1.21. The van der Waals surface area contributed by atoms with Crippen molar-refractivity contribution in [2.24, 2.45) is 7.05 Å². The smallest absolute Gasteiger partial charge is 0.354 e. The highest BCUT2D eigenvalue weighted by Crippen LogP contribution is 2.19. The normalized spacial score (nSPS) is 11.2. The number of carbonyl (C=O) groups is 1. The van der Waals surface area contributed by atoms with E-state index in [1.807, 2.05) is 0 Å². The number of hydrogen-bond donors (Lipinski definition) is 1. The Morgan fingerprint density at radius 1 is 1.33 bits per heavy atom. The summed E-state index contributed by atoms with van der Waals surface area (Å²) in [6.07, 6.45) is 1.27. The van der Waals surface area contributed by atoms with E-state index in [1.54, 1.807) is 0 Å². The molecule has 1 aromatic carbocycles. The zero-order valence-corrected chi connectivity index (χ0v) is 12.1. The maximum absolute atomic E-state index is 13.1. The Hall–Kier alpha value is -2.35. The number of halogens is 1. The second kappa shape index (κ2) is 5.57. The molecule has 0 aliphatic carbocycles. The molecule has 1 heterocycles. The molecule has 6 nitrogen and oxygen atoms in total. The van der Waals surface area contributed by atoms with Gasteiger partial charge in [-0.3, -0.25) is 4.72 Å². The summed E-state index contributed by atoms with van der Waals surface area (Å²) in [5.41, 5.74) is 0.190. The summed E-state index contributed by atoms with van der Waals surface area (Å²) in [6, 6.07) is 6.26. The summed E-state index contributed by atoms with van der Waals surface area (Å²) in [6.45, 7) is 0. The first kappa shape index (κ1) is 15.0. The Labute approximate surface area is 121 Å². The van der Waals surface area contributed by atoms with Crippen molar-refractivity contribution in [3.05, 3.63) is 48.0 Å². The largest absolute Gasteiger partial charge is 0.464 e. The lowest BCUT2D eigenvalue weighted by atomic mass is 10.3. The van der Waals surface area contributed by atoms with Crippen LogP contribution in [-0.4, -0.2) is 26.1 Å². The van der Waals surface area contributed by atoms with E-state index < -0.39 is 21.8 Å². The number of anilines is 1. The van der Waals surface area contributed by atoms with Crippen LogP contribution in [0.3, 0.4) is 0 Å². The van der Waals surface area contributed by atoms with Gasteiger partial charge in [0, 0.05) is 13.2 Å². The molecule has 0 aliphatic heterocycles. The van der Waals surface area contributed by atoms with Crippen LogP contribution < -0.4 is 4.72 Å². The second-order valence-electron chi connectivity index (χ2n) is 4.28. The summed E-state index contributed by atoms with van der Waals surface area (Å²) in [4.78, 5) is 11.4. The molecule has 2 aromatic rings. The molecule has 0 saturated heterocycles. The van der Waals surface area contributed by atoms with E-state index in [4.69, 9.17) is 0 Å². The molecule has 0 amide bonds. The van der Waals surface area contributed by atoms with Crippen molar-refractivity contribution in [3.63, 3.8) is 0 Å². The first-order chi connectivity index (χ1) is 9.83. The molecule has 0 fully saturated rings. The van der Waals surface area contributed by atoms with Gasteiger partial charge in [0.05, 0.1) is 12.8 Å². The molecule has 0 unspecified atom stereocenters. The standard InChI is InChI=1S/C13H13FN2O4S/c1-16-8-11(7-12(16)13(17)20-2)21(18,19)15-10-5-3-4-9(14)6-10/h3-8,15H,1-2H3. The highest BCUT2D eigenvalue weighted by molar-refractivity contribution is 7.92. The third-order valence-electron chi connectivity index (χ3n) is 2.76. The van der Waals surface area contributed by atoms with Gasteiger partial charge in [-0.1, -0.05) is 6.07 Å². The number of benzene rings is 1. The molecule has 2 rings (SSSR count). The van der Waals surface area contributed by atoms with Gasteiger partial charge in [-0.05, 0) is 24.3 Å². The van der Waals surface area contributed by atoms with Crippen LogP contribution in [0.1, 0.15) is 10.5 Å². The number of ether oxygens (including phenoxy) is 1. The number of nitrogens with zero attached hydrogens (tertiary/aromatic N) is 1. The van der Waals surface area contributed by atoms with Crippen molar-refractivity contribution in [2.75, 3.05) is 11.8 Å². The predicted octanol–water partition coefficient (Wildman–Crippen LogP) is 1.75. The van der Waals surface area contributed by atoms with Crippen LogP contribution in [-0.2, 0) is 21.8 Å². The molecule has 8 heteroatoms. The molecule has 0 radical (unpaired) electrons. The Bertz CT molecular complexity index is 783. The second-order valence-corrected chi connectivity index (χ2v) is 5.96. The molecular weight excluding hydrogens is 299 g/mol. The Balaban J connectivity index is 2.34. The molecule has 0 aliphatic rings. The highest BCUT2D eigenvalue weighted by atomic mass is 32.2. The molecule has 0 spiro atoms. The fraction of sp³-hybridized carbons (Fsp3) is 0.154. The molecule has 0 atom stereocenters. The van der Waals surface area contributed by atoms with Gasteiger partial charge in [0.15, 0.2) is 0 Å². The van der Waals surface area contributed by atoms with E-state index in [9.17, 15) is 17.6 Å². The lowest BCUT2D eigenvalue weighted by molar-refractivity contribution is 0.0590. The topological polar surface area (TPSA) is 77.4 Å². The zero-order valence-electron chi connectivity index (χ0n) is 11.3. The third-order valence-corrected chi connectivity index (χ3v) is 4.11. The van der Waals surface area contributed by atoms with Crippen molar-refractivity contribution in [1.82, 2.24) is 4.57 Å². The van der Waals surface area contributed by atoms with Gasteiger partial charge in [-0.25, -0.2) is 17.6 Å².